The molecule has 136 valence electrons. The Bertz CT molecular complexity index is 885. The van der Waals surface area contributed by atoms with Gasteiger partial charge in [0.25, 0.3) is 0 Å². The molecule has 1 aromatic carbocycles. The fourth-order valence-corrected chi connectivity index (χ4v) is 3.85. The zero-order chi connectivity index (χ0) is 17.9. The molecule has 1 atom stereocenters. The number of aromatic nitrogens is 3. The summed E-state index contributed by atoms with van der Waals surface area (Å²) in [7, 11) is 2.12. The van der Waals surface area contributed by atoms with E-state index in [1.165, 1.54) is 24.3 Å². The lowest BCUT2D eigenvalue weighted by molar-refractivity contribution is 0.327. The van der Waals surface area contributed by atoms with Gasteiger partial charge in [0.05, 0.1) is 11.0 Å². The summed E-state index contributed by atoms with van der Waals surface area (Å²) in [5, 5.41) is 3.49. The first-order valence-corrected chi connectivity index (χ1v) is 9.49. The molecule has 1 saturated heterocycles. The van der Waals surface area contributed by atoms with Crippen molar-refractivity contribution in [2.24, 2.45) is 13.0 Å². The van der Waals surface area contributed by atoms with Crippen LogP contribution >= 0.6 is 0 Å². The summed E-state index contributed by atoms with van der Waals surface area (Å²) >= 11 is 0. The number of hydrogen-bond donors (Lipinski definition) is 1. The average Bonchev–Trinajstić information content (AvgIpc) is 3.23. The van der Waals surface area contributed by atoms with E-state index in [-0.39, 0.29) is 0 Å². The number of para-hydroxylation sites is 2. The van der Waals surface area contributed by atoms with Gasteiger partial charge in [-0.1, -0.05) is 18.2 Å². The summed E-state index contributed by atoms with van der Waals surface area (Å²) in [6, 6.07) is 14.5. The second kappa shape index (κ2) is 7.46. The third-order valence-electron chi connectivity index (χ3n) is 5.36. The van der Waals surface area contributed by atoms with Gasteiger partial charge in [-0.3, -0.25) is 0 Å². The minimum Gasteiger partial charge on any atom is -0.370 e. The third-order valence-corrected chi connectivity index (χ3v) is 5.36. The van der Waals surface area contributed by atoms with Crippen molar-refractivity contribution in [2.45, 2.75) is 19.8 Å². The van der Waals surface area contributed by atoms with E-state index in [2.05, 4.69) is 57.1 Å². The topological polar surface area (TPSA) is 46.0 Å². The Morgan fingerprint density at radius 1 is 1.12 bits per heavy atom. The molecule has 1 fully saturated rings. The zero-order valence-corrected chi connectivity index (χ0v) is 15.7. The van der Waals surface area contributed by atoms with Gasteiger partial charge in [0.15, 0.2) is 0 Å². The van der Waals surface area contributed by atoms with E-state index in [0.717, 1.165) is 43.1 Å². The van der Waals surface area contributed by atoms with Gasteiger partial charge in [-0.05, 0) is 50.1 Å². The van der Waals surface area contributed by atoms with Crippen LogP contribution in [0, 0.1) is 12.8 Å². The van der Waals surface area contributed by atoms with Crippen LogP contribution in [-0.2, 0) is 13.5 Å². The van der Waals surface area contributed by atoms with Crippen LogP contribution < -0.4 is 5.32 Å². The summed E-state index contributed by atoms with van der Waals surface area (Å²) in [5.41, 5.74) is 3.38. The Morgan fingerprint density at radius 3 is 2.85 bits per heavy atom. The van der Waals surface area contributed by atoms with Gasteiger partial charge < -0.3 is 14.8 Å². The van der Waals surface area contributed by atoms with Crippen molar-refractivity contribution in [3.05, 3.63) is 54.0 Å². The summed E-state index contributed by atoms with van der Waals surface area (Å²) in [4.78, 5) is 11.9. The van der Waals surface area contributed by atoms with Crippen LogP contribution in [0.25, 0.3) is 11.0 Å². The maximum atomic E-state index is 4.79. The fourth-order valence-electron chi connectivity index (χ4n) is 3.85. The summed E-state index contributed by atoms with van der Waals surface area (Å²) in [5.74, 6) is 2.86. The van der Waals surface area contributed by atoms with Crippen molar-refractivity contribution >= 4 is 16.9 Å². The predicted molar refractivity (Wildman–Crippen MR) is 106 cm³/mol. The van der Waals surface area contributed by atoms with Crippen LogP contribution in [0.4, 0.5) is 5.82 Å². The van der Waals surface area contributed by atoms with Crippen molar-refractivity contribution in [2.75, 3.05) is 31.5 Å². The van der Waals surface area contributed by atoms with Crippen LogP contribution in [0.3, 0.4) is 0 Å². The molecule has 0 bridgehead atoms. The Kier molecular flexibility index (Phi) is 4.89. The SMILES string of the molecule is Cc1cccc(NCC2CCN(CCc3nc4ccccc4n3C)C2)n1. The van der Waals surface area contributed by atoms with E-state index in [0.29, 0.717) is 5.92 Å². The highest BCUT2D eigenvalue weighted by atomic mass is 15.2. The van der Waals surface area contributed by atoms with Crippen molar-refractivity contribution in [1.29, 1.82) is 0 Å². The molecule has 0 amide bonds. The Balaban J connectivity index is 1.28. The van der Waals surface area contributed by atoms with E-state index in [9.17, 15) is 0 Å². The normalized spacial score (nSPS) is 17.8. The number of nitrogens with zero attached hydrogens (tertiary/aromatic N) is 4. The van der Waals surface area contributed by atoms with E-state index in [1.807, 2.05) is 19.1 Å². The van der Waals surface area contributed by atoms with Gasteiger partial charge in [0.2, 0.25) is 0 Å². The number of likely N-dealkylation sites (tertiary alicyclic amines) is 1. The van der Waals surface area contributed by atoms with Crippen molar-refractivity contribution in [3.8, 4) is 0 Å². The molecule has 0 spiro atoms. The predicted octanol–water partition coefficient (Wildman–Crippen LogP) is 3.25. The number of imidazole rings is 1. The number of fused-ring (bicyclic) bond motifs is 1. The van der Waals surface area contributed by atoms with Gasteiger partial charge in [-0.25, -0.2) is 9.97 Å². The van der Waals surface area contributed by atoms with E-state index >= 15 is 0 Å². The van der Waals surface area contributed by atoms with Crippen LogP contribution in [0.2, 0.25) is 0 Å². The monoisotopic (exact) mass is 349 g/mol. The van der Waals surface area contributed by atoms with Crippen molar-refractivity contribution in [1.82, 2.24) is 19.4 Å². The summed E-state index contributed by atoms with van der Waals surface area (Å²) in [6.45, 7) is 6.44. The number of nitrogens with one attached hydrogen (secondary N) is 1. The quantitative estimate of drug-likeness (QED) is 0.742. The molecule has 3 heterocycles. The van der Waals surface area contributed by atoms with Crippen LogP contribution in [0.1, 0.15) is 17.9 Å². The number of pyridine rings is 1. The molecular formula is C21H27N5. The first kappa shape index (κ1) is 17.0. The molecule has 1 N–H and O–H groups in total. The van der Waals surface area contributed by atoms with E-state index in [4.69, 9.17) is 4.98 Å². The average molecular weight is 349 g/mol. The maximum absolute atomic E-state index is 4.79. The molecule has 5 nitrogen and oxygen atoms in total. The molecule has 26 heavy (non-hydrogen) atoms. The van der Waals surface area contributed by atoms with Gasteiger partial charge >= 0.3 is 0 Å². The van der Waals surface area contributed by atoms with Crippen molar-refractivity contribution in [3.63, 3.8) is 0 Å². The molecule has 0 aliphatic carbocycles. The molecule has 5 heteroatoms. The molecule has 1 unspecified atom stereocenters. The molecule has 0 saturated carbocycles. The maximum Gasteiger partial charge on any atom is 0.126 e. The van der Waals surface area contributed by atoms with Crippen LogP contribution in [0.15, 0.2) is 42.5 Å². The molecular weight excluding hydrogens is 322 g/mol. The molecule has 1 aliphatic rings. The second-order valence-electron chi connectivity index (χ2n) is 7.33. The molecule has 4 rings (SSSR count). The summed E-state index contributed by atoms with van der Waals surface area (Å²) < 4.78 is 2.23. The minimum absolute atomic E-state index is 0.692. The molecule has 1 aliphatic heterocycles. The van der Waals surface area contributed by atoms with Gasteiger partial charge in [-0.15, -0.1) is 0 Å². The largest absolute Gasteiger partial charge is 0.370 e. The summed E-state index contributed by atoms with van der Waals surface area (Å²) in [6.07, 6.45) is 2.26. The second-order valence-corrected chi connectivity index (χ2v) is 7.33. The zero-order valence-electron chi connectivity index (χ0n) is 15.7. The first-order chi connectivity index (χ1) is 12.7. The number of hydrogen-bond acceptors (Lipinski definition) is 4. The number of rotatable bonds is 6. The lowest BCUT2D eigenvalue weighted by Gasteiger charge is -2.16. The highest BCUT2D eigenvalue weighted by molar-refractivity contribution is 5.75. The van der Waals surface area contributed by atoms with Crippen molar-refractivity contribution < 1.29 is 0 Å². The van der Waals surface area contributed by atoms with Gasteiger partial charge in [-0.2, -0.15) is 0 Å². The Labute approximate surface area is 155 Å². The van der Waals surface area contributed by atoms with Crippen LogP contribution in [-0.4, -0.2) is 45.6 Å². The van der Waals surface area contributed by atoms with E-state index < -0.39 is 0 Å². The number of benzene rings is 1. The lowest BCUT2D eigenvalue weighted by atomic mass is 10.1. The smallest absolute Gasteiger partial charge is 0.126 e. The number of anilines is 1. The standard InChI is InChI=1S/C21H27N5/c1-16-6-5-9-20(23-16)22-14-17-10-12-26(15-17)13-11-21-24-18-7-3-4-8-19(18)25(21)2/h3-9,17H,10-15H2,1-2H3,(H,22,23). The lowest BCUT2D eigenvalue weighted by Crippen LogP contribution is -2.26. The Morgan fingerprint density at radius 2 is 2.00 bits per heavy atom. The number of aryl methyl sites for hydroxylation is 2. The fraction of sp³-hybridized carbons (Fsp3) is 0.429. The molecule has 2 aromatic heterocycles. The minimum atomic E-state index is 0.692. The third kappa shape index (κ3) is 3.73. The van der Waals surface area contributed by atoms with E-state index in [1.54, 1.807) is 0 Å². The highest BCUT2D eigenvalue weighted by Crippen LogP contribution is 2.19. The molecule has 0 radical (unpaired) electrons. The first-order valence-electron chi connectivity index (χ1n) is 9.49. The molecule has 3 aromatic rings. The van der Waals surface area contributed by atoms with Gasteiger partial charge in [0, 0.05) is 38.8 Å². The highest BCUT2D eigenvalue weighted by Gasteiger charge is 2.22. The Hall–Kier alpha value is -2.40. The van der Waals surface area contributed by atoms with Gasteiger partial charge in [0.1, 0.15) is 11.6 Å². The van der Waals surface area contributed by atoms with Crippen LogP contribution in [0.5, 0.6) is 0 Å².